The van der Waals surface area contributed by atoms with E-state index in [0.29, 0.717) is 5.92 Å². The van der Waals surface area contributed by atoms with Crippen LogP contribution in [0.5, 0.6) is 0 Å². The highest BCUT2D eigenvalue weighted by atomic mass is 14.5. The second-order valence-corrected chi connectivity index (χ2v) is 4.96. The van der Waals surface area contributed by atoms with Gasteiger partial charge >= 0.3 is 0 Å². The number of nitrogens with two attached hydrogens (primary N) is 1. The summed E-state index contributed by atoms with van der Waals surface area (Å²) < 4.78 is 0. The number of allylic oxidation sites excluding steroid dienone is 4. The Labute approximate surface area is 115 Å². The minimum Gasteiger partial charge on any atom is -0.330 e. The molecule has 0 saturated heterocycles. The van der Waals surface area contributed by atoms with Gasteiger partial charge in [-0.15, -0.1) is 0 Å². The summed E-state index contributed by atoms with van der Waals surface area (Å²) in [5.41, 5.74) is 8.94. The Kier molecular flexibility index (Phi) is 4.94. The molecule has 2 nitrogen and oxygen atoms in total. The molecular weight excluding hydrogens is 232 g/mol. The fourth-order valence-corrected chi connectivity index (χ4v) is 2.38. The van der Waals surface area contributed by atoms with Gasteiger partial charge in [-0.05, 0) is 49.9 Å². The van der Waals surface area contributed by atoms with Crippen molar-refractivity contribution in [3.05, 3.63) is 59.2 Å². The second kappa shape index (κ2) is 6.92. The molecule has 1 aliphatic rings. The number of hydrogen-bond acceptors (Lipinski definition) is 2. The van der Waals surface area contributed by atoms with Gasteiger partial charge in [-0.25, -0.2) is 0 Å². The highest BCUT2D eigenvalue weighted by Gasteiger charge is 2.10. The normalized spacial score (nSPS) is 17.9. The Balaban J connectivity index is 1.92. The average Bonchev–Trinajstić information content (AvgIpc) is 2.48. The molecule has 2 heteroatoms. The van der Waals surface area contributed by atoms with Gasteiger partial charge in [-0.3, -0.25) is 0 Å². The third-order valence-electron chi connectivity index (χ3n) is 3.56. The van der Waals surface area contributed by atoms with E-state index in [1.165, 1.54) is 17.6 Å². The molecule has 0 fully saturated rings. The first-order chi connectivity index (χ1) is 9.33. The smallest absolute Gasteiger partial charge is 0.0991 e. The van der Waals surface area contributed by atoms with E-state index in [9.17, 15) is 0 Å². The molecule has 1 aliphatic carbocycles. The Hall–Kier alpha value is -1.85. The average molecular weight is 252 g/mol. The summed E-state index contributed by atoms with van der Waals surface area (Å²) in [6, 6.07) is 10.1. The summed E-state index contributed by atoms with van der Waals surface area (Å²) in [6.45, 7) is 0.783. The van der Waals surface area contributed by atoms with E-state index in [2.05, 4.69) is 36.4 Å². The van der Waals surface area contributed by atoms with Crippen molar-refractivity contribution in [3.63, 3.8) is 0 Å². The fourth-order valence-electron chi connectivity index (χ4n) is 2.38. The number of nitriles is 1. The maximum absolute atomic E-state index is 8.79. The molecule has 2 N–H and O–H groups in total. The molecule has 2 rings (SSSR count). The molecule has 1 atom stereocenters. The van der Waals surface area contributed by atoms with Crippen LogP contribution >= 0.6 is 0 Å². The Morgan fingerprint density at radius 1 is 1.21 bits per heavy atom. The van der Waals surface area contributed by atoms with Crippen LogP contribution in [0.1, 0.15) is 42.7 Å². The highest BCUT2D eigenvalue weighted by Crippen LogP contribution is 2.28. The number of unbranched alkanes of at least 4 members (excludes halogenated alkanes) is 1. The van der Waals surface area contributed by atoms with Crippen molar-refractivity contribution >= 4 is 0 Å². The van der Waals surface area contributed by atoms with Crippen LogP contribution in [-0.2, 0) is 0 Å². The predicted octanol–water partition coefficient (Wildman–Crippen LogP) is 3.66. The van der Waals surface area contributed by atoms with Crippen LogP contribution in [0.25, 0.3) is 0 Å². The van der Waals surface area contributed by atoms with Gasteiger partial charge in [-0.1, -0.05) is 35.9 Å². The van der Waals surface area contributed by atoms with Crippen molar-refractivity contribution < 1.29 is 0 Å². The van der Waals surface area contributed by atoms with E-state index in [1.807, 2.05) is 12.1 Å². The molecule has 0 spiro atoms. The number of hydrogen-bond donors (Lipinski definition) is 1. The van der Waals surface area contributed by atoms with Crippen molar-refractivity contribution in [1.82, 2.24) is 0 Å². The van der Waals surface area contributed by atoms with Gasteiger partial charge < -0.3 is 5.73 Å². The first kappa shape index (κ1) is 13.6. The molecule has 1 unspecified atom stereocenters. The van der Waals surface area contributed by atoms with Crippen LogP contribution in [0.4, 0.5) is 0 Å². The minimum absolute atomic E-state index is 0.450. The SMILES string of the molecule is N#Cc1ccc(C2C=CC(CCCCN)=CC2)cc1. The van der Waals surface area contributed by atoms with Gasteiger partial charge in [0.05, 0.1) is 11.6 Å². The molecule has 98 valence electrons. The van der Waals surface area contributed by atoms with E-state index < -0.39 is 0 Å². The van der Waals surface area contributed by atoms with Crippen LogP contribution in [-0.4, -0.2) is 6.54 Å². The summed E-state index contributed by atoms with van der Waals surface area (Å²) in [5.74, 6) is 0.450. The standard InChI is InChI=1S/C17H20N2/c18-12-2-1-3-14-4-8-16(9-5-14)17-10-6-15(13-19)7-11-17/h4-8,10-11,16H,1-3,9,12,18H2. The lowest BCUT2D eigenvalue weighted by Crippen LogP contribution is -2.00. The predicted molar refractivity (Wildman–Crippen MR) is 78.6 cm³/mol. The molecule has 0 heterocycles. The van der Waals surface area contributed by atoms with E-state index in [0.717, 1.165) is 31.4 Å². The fraction of sp³-hybridized carbons (Fsp3) is 0.353. The van der Waals surface area contributed by atoms with Gasteiger partial charge in [0.25, 0.3) is 0 Å². The van der Waals surface area contributed by atoms with Crippen LogP contribution < -0.4 is 5.73 Å². The maximum atomic E-state index is 8.79. The van der Waals surface area contributed by atoms with Crippen molar-refractivity contribution in [1.29, 1.82) is 5.26 Å². The maximum Gasteiger partial charge on any atom is 0.0991 e. The summed E-state index contributed by atoms with van der Waals surface area (Å²) in [6.07, 6.45) is 11.3. The summed E-state index contributed by atoms with van der Waals surface area (Å²) >= 11 is 0. The van der Waals surface area contributed by atoms with Gasteiger partial charge in [0.2, 0.25) is 0 Å². The zero-order chi connectivity index (χ0) is 13.5. The van der Waals surface area contributed by atoms with Crippen molar-refractivity contribution in [3.8, 4) is 6.07 Å². The monoisotopic (exact) mass is 252 g/mol. The van der Waals surface area contributed by atoms with Crippen molar-refractivity contribution in [2.75, 3.05) is 6.54 Å². The van der Waals surface area contributed by atoms with Gasteiger partial charge in [0.15, 0.2) is 0 Å². The molecule has 19 heavy (non-hydrogen) atoms. The zero-order valence-electron chi connectivity index (χ0n) is 11.2. The molecule has 1 aromatic carbocycles. The van der Waals surface area contributed by atoms with Gasteiger partial charge in [0.1, 0.15) is 0 Å². The largest absolute Gasteiger partial charge is 0.330 e. The summed E-state index contributed by atoms with van der Waals surface area (Å²) in [7, 11) is 0. The van der Waals surface area contributed by atoms with E-state index in [1.54, 1.807) is 0 Å². The highest BCUT2D eigenvalue weighted by molar-refractivity contribution is 5.37. The molecular formula is C17H20N2. The molecule has 0 saturated carbocycles. The minimum atomic E-state index is 0.450. The van der Waals surface area contributed by atoms with Crippen molar-refractivity contribution in [2.45, 2.75) is 31.6 Å². The topological polar surface area (TPSA) is 49.8 Å². The molecule has 1 aromatic rings. The Bertz CT molecular complexity index is 503. The lowest BCUT2D eigenvalue weighted by Gasteiger charge is -2.16. The number of nitrogens with zero attached hydrogens (tertiary/aromatic N) is 1. The second-order valence-electron chi connectivity index (χ2n) is 4.96. The lowest BCUT2D eigenvalue weighted by molar-refractivity contribution is 0.735. The van der Waals surface area contributed by atoms with Crippen LogP contribution in [0, 0.1) is 11.3 Å². The Morgan fingerprint density at radius 3 is 2.58 bits per heavy atom. The number of rotatable bonds is 5. The third-order valence-corrected chi connectivity index (χ3v) is 3.56. The zero-order valence-corrected chi connectivity index (χ0v) is 11.2. The third kappa shape index (κ3) is 3.81. The van der Waals surface area contributed by atoms with Crippen LogP contribution in [0.2, 0.25) is 0 Å². The molecule has 0 aliphatic heterocycles. The first-order valence-electron chi connectivity index (χ1n) is 6.91. The molecule has 0 radical (unpaired) electrons. The summed E-state index contributed by atoms with van der Waals surface area (Å²) in [4.78, 5) is 0. The molecule has 0 aromatic heterocycles. The van der Waals surface area contributed by atoms with E-state index >= 15 is 0 Å². The van der Waals surface area contributed by atoms with E-state index in [-0.39, 0.29) is 0 Å². The number of benzene rings is 1. The van der Waals surface area contributed by atoms with E-state index in [4.69, 9.17) is 11.0 Å². The Morgan fingerprint density at radius 2 is 2.00 bits per heavy atom. The van der Waals surface area contributed by atoms with Crippen LogP contribution in [0.3, 0.4) is 0 Å². The summed E-state index contributed by atoms with van der Waals surface area (Å²) in [5, 5.41) is 8.79. The lowest BCUT2D eigenvalue weighted by atomic mass is 9.88. The quantitative estimate of drug-likeness (QED) is 0.813. The van der Waals surface area contributed by atoms with Crippen LogP contribution in [0.15, 0.2) is 48.1 Å². The van der Waals surface area contributed by atoms with Crippen molar-refractivity contribution in [2.24, 2.45) is 5.73 Å². The first-order valence-corrected chi connectivity index (χ1v) is 6.91. The molecule has 0 amide bonds. The van der Waals surface area contributed by atoms with Gasteiger partial charge in [-0.2, -0.15) is 5.26 Å². The van der Waals surface area contributed by atoms with Gasteiger partial charge in [0, 0.05) is 5.92 Å². The molecule has 0 bridgehead atoms.